The van der Waals surface area contributed by atoms with Gasteiger partial charge in [0, 0.05) is 5.41 Å². The molecule has 3 rings (SSSR count). The van der Waals surface area contributed by atoms with E-state index >= 15 is 0 Å². The van der Waals surface area contributed by atoms with E-state index in [2.05, 4.69) is 12.1 Å². The molecule has 3 nitrogen and oxygen atoms in total. The highest BCUT2D eigenvalue weighted by molar-refractivity contribution is 5.80. The third-order valence-corrected chi connectivity index (χ3v) is 5.28. The maximum atomic E-state index is 12.8. The van der Waals surface area contributed by atoms with E-state index in [-0.39, 0.29) is 17.3 Å². The summed E-state index contributed by atoms with van der Waals surface area (Å²) in [5, 5.41) is 0. The molecular weight excluding hydrogens is 300 g/mol. The van der Waals surface area contributed by atoms with Crippen molar-refractivity contribution in [3.63, 3.8) is 0 Å². The number of methoxy groups -OCH3 is 2. The standard InChI is InChI=1S/C21H24O3/c1-23-18-12-10-17(11-13-18)21(14-6-7-15-21)19(20(22)24-2)16-8-4-3-5-9-16/h3-5,8-13,19H,6-7,14-15H2,1-2H3. The Morgan fingerprint density at radius 2 is 1.58 bits per heavy atom. The Morgan fingerprint density at radius 1 is 0.958 bits per heavy atom. The average Bonchev–Trinajstić information content (AvgIpc) is 3.13. The molecule has 1 atom stereocenters. The predicted molar refractivity (Wildman–Crippen MR) is 94.3 cm³/mol. The highest BCUT2D eigenvalue weighted by Gasteiger charge is 2.47. The monoisotopic (exact) mass is 324 g/mol. The highest BCUT2D eigenvalue weighted by Crippen LogP contribution is 2.51. The van der Waals surface area contributed by atoms with Crippen LogP contribution in [0.2, 0.25) is 0 Å². The Morgan fingerprint density at radius 3 is 2.12 bits per heavy atom. The lowest BCUT2D eigenvalue weighted by Crippen LogP contribution is -2.36. The van der Waals surface area contributed by atoms with Gasteiger partial charge in [0.1, 0.15) is 5.75 Å². The molecule has 1 saturated carbocycles. The Bertz CT molecular complexity index is 670. The second-order valence-electron chi connectivity index (χ2n) is 6.46. The van der Waals surface area contributed by atoms with Gasteiger partial charge in [-0.1, -0.05) is 55.3 Å². The van der Waals surface area contributed by atoms with Crippen LogP contribution in [-0.2, 0) is 14.9 Å². The van der Waals surface area contributed by atoms with Crippen LogP contribution >= 0.6 is 0 Å². The maximum Gasteiger partial charge on any atom is 0.314 e. The molecule has 2 aromatic rings. The first-order chi connectivity index (χ1) is 11.7. The fraction of sp³-hybridized carbons (Fsp3) is 0.381. The molecule has 1 aliphatic rings. The maximum absolute atomic E-state index is 12.8. The molecule has 1 aliphatic carbocycles. The first kappa shape index (κ1) is 16.6. The summed E-state index contributed by atoms with van der Waals surface area (Å²) in [4.78, 5) is 12.8. The second kappa shape index (κ2) is 7.08. The number of rotatable bonds is 5. The Labute approximate surface area is 143 Å². The number of carbonyl (C=O) groups excluding carboxylic acids is 1. The second-order valence-corrected chi connectivity index (χ2v) is 6.46. The molecule has 0 aromatic heterocycles. The summed E-state index contributed by atoms with van der Waals surface area (Å²) in [6, 6.07) is 18.2. The van der Waals surface area contributed by atoms with Crippen molar-refractivity contribution in [1.29, 1.82) is 0 Å². The normalized spacial score (nSPS) is 17.2. The number of hydrogen-bond acceptors (Lipinski definition) is 3. The number of esters is 1. The van der Waals surface area contributed by atoms with E-state index < -0.39 is 0 Å². The van der Waals surface area contributed by atoms with Gasteiger partial charge < -0.3 is 9.47 Å². The van der Waals surface area contributed by atoms with Gasteiger partial charge in [0.05, 0.1) is 20.1 Å². The first-order valence-electron chi connectivity index (χ1n) is 8.48. The van der Waals surface area contributed by atoms with E-state index in [1.807, 2.05) is 42.5 Å². The van der Waals surface area contributed by atoms with Crippen molar-refractivity contribution >= 4 is 5.97 Å². The Hall–Kier alpha value is -2.29. The van der Waals surface area contributed by atoms with Crippen LogP contribution in [0, 0.1) is 0 Å². The van der Waals surface area contributed by atoms with Crippen molar-refractivity contribution in [1.82, 2.24) is 0 Å². The van der Waals surface area contributed by atoms with Gasteiger partial charge in [-0.25, -0.2) is 0 Å². The van der Waals surface area contributed by atoms with Crippen LogP contribution < -0.4 is 4.74 Å². The number of ether oxygens (including phenoxy) is 2. The molecule has 0 bridgehead atoms. The van der Waals surface area contributed by atoms with Crippen molar-refractivity contribution in [2.45, 2.75) is 37.0 Å². The van der Waals surface area contributed by atoms with E-state index in [0.717, 1.165) is 37.0 Å². The van der Waals surface area contributed by atoms with Crippen LogP contribution in [0.25, 0.3) is 0 Å². The summed E-state index contributed by atoms with van der Waals surface area (Å²) in [7, 11) is 3.15. The molecule has 2 aromatic carbocycles. The molecule has 3 heteroatoms. The van der Waals surface area contributed by atoms with E-state index in [4.69, 9.17) is 9.47 Å². The number of hydrogen-bond donors (Lipinski definition) is 0. The quantitative estimate of drug-likeness (QED) is 0.762. The van der Waals surface area contributed by atoms with Crippen molar-refractivity contribution in [3.8, 4) is 5.75 Å². The summed E-state index contributed by atoms with van der Waals surface area (Å²) in [6.07, 6.45) is 4.25. The van der Waals surface area contributed by atoms with Crippen molar-refractivity contribution in [2.75, 3.05) is 14.2 Å². The zero-order valence-electron chi connectivity index (χ0n) is 14.3. The average molecular weight is 324 g/mol. The Kier molecular flexibility index (Phi) is 4.89. The van der Waals surface area contributed by atoms with Gasteiger partial charge in [-0.3, -0.25) is 4.79 Å². The topological polar surface area (TPSA) is 35.5 Å². The van der Waals surface area contributed by atoms with Gasteiger partial charge in [0.2, 0.25) is 0 Å². The largest absolute Gasteiger partial charge is 0.497 e. The van der Waals surface area contributed by atoms with Gasteiger partial charge in [-0.2, -0.15) is 0 Å². The molecule has 126 valence electrons. The molecule has 0 heterocycles. The number of benzene rings is 2. The molecule has 24 heavy (non-hydrogen) atoms. The third kappa shape index (κ3) is 2.91. The summed E-state index contributed by atoms with van der Waals surface area (Å²) in [6.45, 7) is 0. The summed E-state index contributed by atoms with van der Waals surface area (Å²) < 4.78 is 10.5. The molecule has 0 N–H and O–H groups in total. The predicted octanol–water partition coefficient (Wildman–Crippen LogP) is 4.46. The zero-order chi connectivity index (χ0) is 17.0. The zero-order valence-corrected chi connectivity index (χ0v) is 14.3. The minimum Gasteiger partial charge on any atom is -0.497 e. The van der Waals surface area contributed by atoms with Gasteiger partial charge >= 0.3 is 5.97 Å². The molecule has 1 fully saturated rings. The van der Waals surface area contributed by atoms with E-state index in [0.29, 0.717) is 0 Å². The molecule has 0 amide bonds. The van der Waals surface area contributed by atoms with Crippen LogP contribution in [0.4, 0.5) is 0 Å². The van der Waals surface area contributed by atoms with E-state index in [1.54, 1.807) is 7.11 Å². The summed E-state index contributed by atoms with van der Waals surface area (Å²) in [5.41, 5.74) is 2.02. The van der Waals surface area contributed by atoms with Gasteiger partial charge in [0.15, 0.2) is 0 Å². The fourth-order valence-electron chi connectivity index (χ4n) is 4.12. The minimum absolute atomic E-state index is 0.154. The fourth-order valence-corrected chi connectivity index (χ4v) is 4.12. The van der Waals surface area contributed by atoms with Gasteiger partial charge in [0.25, 0.3) is 0 Å². The molecule has 0 aliphatic heterocycles. The van der Waals surface area contributed by atoms with Crippen LogP contribution in [0.3, 0.4) is 0 Å². The molecule has 0 spiro atoms. The molecule has 0 saturated heterocycles. The van der Waals surface area contributed by atoms with Crippen molar-refractivity contribution in [2.24, 2.45) is 0 Å². The molecular formula is C21H24O3. The summed E-state index contributed by atoms with van der Waals surface area (Å²) >= 11 is 0. The molecule has 1 unspecified atom stereocenters. The smallest absolute Gasteiger partial charge is 0.314 e. The highest BCUT2D eigenvalue weighted by atomic mass is 16.5. The SMILES string of the molecule is COC(=O)C(c1ccccc1)C1(c2ccc(OC)cc2)CCCC1. The van der Waals surface area contributed by atoms with Gasteiger partial charge in [-0.15, -0.1) is 0 Å². The Balaban J connectivity index is 2.10. The van der Waals surface area contributed by atoms with Crippen LogP contribution in [-0.4, -0.2) is 20.2 Å². The first-order valence-corrected chi connectivity index (χ1v) is 8.48. The van der Waals surface area contributed by atoms with Crippen molar-refractivity contribution < 1.29 is 14.3 Å². The van der Waals surface area contributed by atoms with Crippen LogP contribution in [0.1, 0.15) is 42.7 Å². The lowest BCUT2D eigenvalue weighted by molar-refractivity contribution is -0.144. The molecule has 0 radical (unpaired) electrons. The van der Waals surface area contributed by atoms with Crippen LogP contribution in [0.15, 0.2) is 54.6 Å². The third-order valence-electron chi connectivity index (χ3n) is 5.28. The minimum atomic E-state index is -0.278. The summed E-state index contributed by atoms with van der Waals surface area (Å²) in [5.74, 6) is 0.403. The van der Waals surface area contributed by atoms with E-state index in [1.165, 1.54) is 12.7 Å². The lowest BCUT2D eigenvalue weighted by atomic mass is 9.66. The van der Waals surface area contributed by atoms with Crippen LogP contribution in [0.5, 0.6) is 5.75 Å². The van der Waals surface area contributed by atoms with E-state index in [9.17, 15) is 4.79 Å². The number of carbonyl (C=O) groups is 1. The van der Waals surface area contributed by atoms with Gasteiger partial charge in [-0.05, 0) is 36.1 Å². The lowest BCUT2D eigenvalue weighted by Gasteiger charge is -2.37. The van der Waals surface area contributed by atoms with Crippen molar-refractivity contribution in [3.05, 3.63) is 65.7 Å².